The maximum atomic E-state index is 11.5. The predicted molar refractivity (Wildman–Crippen MR) is 101 cm³/mol. The van der Waals surface area contributed by atoms with Gasteiger partial charge in [-0.2, -0.15) is 0 Å². The number of nitrogens with zero attached hydrogens (tertiary/aromatic N) is 1. The Morgan fingerprint density at radius 2 is 1.50 bits per heavy atom. The first-order valence-electron chi connectivity index (χ1n) is 6.64. The Hall–Kier alpha value is -1.66. The first kappa shape index (κ1) is 18.7. The van der Waals surface area contributed by atoms with Crippen LogP contribution >= 0.6 is 46.6 Å². The molecule has 0 aliphatic heterocycles. The van der Waals surface area contributed by atoms with Gasteiger partial charge in [0, 0.05) is 10.6 Å². The standard InChI is InChI=1S/C16H11Cl3N2O2S/c17-13(15(18)19)14(21(22)23)16(20-11-7-3-1-4-8-11)24-12-9-5-2-6-10-12/h1-10,20H/b16-14-. The van der Waals surface area contributed by atoms with E-state index in [9.17, 15) is 10.1 Å². The first-order chi connectivity index (χ1) is 11.5. The highest BCUT2D eigenvalue weighted by Gasteiger charge is 2.26. The summed E-state index contributed by atoms with van der Waals surface area (Å²) < 4.78 is -0.371. The van der Waals surface area contributed by atoms with Crippen LogP contribution in [0.4, 0.5) is 5.69 Å². The SMILES string of the molecule is O=[N+]([O-])/C(C(Cl)=C(Cl)Cl)=C(/Nc1ccccc1)Sc1ccccc1. The Morgan fingerprint density at radius 3 is 2.00 bits per heavy atom. The van der Waals surface area contributed by atoms with E-state index < -0.39 is 10.6 Å². The van der Waals surface area contributed by atoms with Crippen LogP contribution in [-0.2, 0) is 0 Å². The molecule has 0 unspecified atom stereocenters. The summed E-state index contributed by atoms with van der Waals surface area (Å²) in [4.78, 5) is 11.7. The molecule has 2 aromatic carbocycles. The molecule has 0 aliphatic carbocycles. The van der Waals surface area contributed by atoms with Crippen LogP contribution in [0.3, 0.4) is 0 Å². The molecule has 0 radical (unpaired) electrons. The highest BCUT2D eigenvalue weighted by Crippen LogP contribution is 2.36. The maximum Gasteiger partial charge on any atom is 0.320 e. The van der Waals surface area contributed by atoms with Crippen molar-refractivity contribution in [2.75, 3.05) is 5.32 Å². The molecule has 2 aromatic rings. The lowest BCUT2D eigenvalue weighted by molar-refractivity contribution is -0.420. The molecule has 0 atom stereocenters. The summed E-state index contributed by atoms with van der Waals surface area (Å²) in [5.74, 6) is 0. The molecule has 0 heterocycles. The molecule has 0 bridgehead atoms. The smallest absolute Gasteiger partial charge is 0.320 e. The lowest BCUT2D eigenvalue weighted by atomic mass is 10.3. The van der Waals surface area contributed by atoms with Gasteiger partial charge in [0.05, 0.1) is 4.92 Å². The third-order valence-corrected chi connectivity index (χ3v) is 4.71. The highest BCUT2D eigenvalue weighted by atomic mass is 35.5. The van der Waals surface area contributed by atoms with Crippen LogP contribution in [0, 0.1) is 10.1 Å². The fourth-order valence-electron chi connectivity index (χ4n) is 1.74. The van der Waals surface area contributed by atoms with Crippen LogP contribution in [0.2, 0.25) is 0 Å². The van der Waals surface area contributed by atoms with Crippen LogP contribution < -0.4 is 5.32 Å². The van der Waals surface area contributed by atoms with Gasteiger partial charge < -0.3 is 5.32 Å². The predicted octanol–water partition coefficient (Wildman–Crippen LogP) is 6.22. The second-order valence-electron chi connectivity index (χ2n) is 4.42. The van der Waals surface area contributed by atoms with Gasteiger partial charge in [0.25, 0.3) is 0 Å². The number of benzene rings is 2. The molecule has 24 heavy (non-hydrogen) atoms. The molecule has 4 nitrogen and oxygen atoms in total. The molecule has 0 aliphatic rings. The van der Waals surface area contributed by atoms with Crippen molar-refractivity contribution in [2.45, 2.75) is 4.90 Å². The van der Waals surface area contributed by atoms with Crippen molar-refractivity contribution in [3.8, 4) is 0 Å². The van der Waals surface area contributed by atoms with Crippen molar-refractivity contribution in [3.63, 3.8) is 0 Å². The third-order valence-electron chi connectivity index (χ3n) is 2.77. The average Bonchev–Trinajstić information content (AvgIpc) is 2.56. The molecular weight excluding hydrogens is 391 g/mol. The van der Waals surface area contributed by atoms with Gasteiger partial charge in [0.2, 0.25) is 0 Å². The van der Waals surface area contributed by atoms with Gasteiger partial charge in [-0.1, -0.05) is 83.0 Å². The lowest BCUT2D eigenvalue weighted by Crippen LogP contribution is -2.09. The number of halogens is 3. The van der Waals surface area contributed by atoms with Crippen LogP contribution in [0.5, 0.6) is 0 Å². The van der Waals surface area contributed by atoms with E-state index in [0.717, 1.165) is 16.7 Å². The van der Waals surface area contributed by atoms with Crippen molar-refractivity contribution in [3.05, 3.63) is 91.0 Å². The summed E-state index contributed by atoms with van der Waals surface area (Å²) in [5, 5.41) is 14.4. The molecule has 1 N–H and O–H groups in total. The fourth-order valence-corrected chi connectivity index (χ4v) is 3.11. The minimum Gasteiger partial charge on any atom is -0.344 e. The largest absolute Gasteiger partial charge is 0.344 e. The van der Waals surface area contributed by atoms with E-state index in [1.807, 2.05) is 48.5 Å². The Balaban J connectivity index is 2.53. The molecule has 2 rings (SSSR count). The van der Waals surface area contributed by atoms with Crippen LogP contribution in [0.15, 0.2) is 85.8 Å². The molecule has 0 aromatic heterocycles. The lowest BCUT2D eigenvalue weighted by Gasteiger charge is -2.11. The maximum absolute atomic E-state index is 11.5. The van der Waals surface area contributed by atoms with E-state index in [-0.39, 0.29) is 14.6 Å². The fraction of sp³-hybridized carbons (Fsp3) is 0. The number of allylic oxidation sites excluding steroid dienone is 1. The number of para-hydroxylation sites is 1. The number of rotatable bonds is 6. The van der Waals surface area contributed by atoms with Gasteiger partial charge in [-0.15, -0.1) is 0 Å². The number of nitro groups is 1. The van der Waals surface area contributed by atoms with E-state index >= 15 is 0 Å². The quantitative estimate of drug-likeness (QED) is 0.270. The van der Waals surface area contributed by atoms with Crippen LogP contribution in [0.25, 0.3) is 0 Å². The Morgan fingerprint density at radius 1 is 0.958 bits per heavy atom. The number of thioether (sulfide) groups is 1. The molecule has 0 spiro atoms. The summed E-state index contributed by atoms with van der Waals surface area (Å²) in [7, 11) is 0. The van der Waals surface area contributed by atoms with Crippen molar-refractivity contribution < 1.29 is 4.92 Å². The zero-order valence-electron chi connectivity index (χ0n) is 12.1. The number of nitrogens with one attached hydrogen (secondary N) is 1. The van der Waals surface area contributed by atoms with Crippen molar-refractivity contribution in [1.82, 2.24) is 0 Å². The van der Waals surface area contributed by atoms with Gasteiger partial charge >= 0.3 is 5.70 Å². The minimum absolute atomic E-state index is 0.209. The normalized spacial score (nSPS) is 11.5. The summed E-state index contributed by atoms with van der Waals surface area (Å²) >= 11 is 18.4. The van der Waals surface area contributed by atoms with Gasteiger partial charge in [-0.25, -0.2) is 0 Å². The Bertz CT molecular complexity index is 733. The van der Waals surface area contributed by atoms with Gasteiger partial charge in [-0.3, -0.25) is 10.1 Å². The molecule has 0 saturated carbocycles. The molecular formula is C16H11Cl3N2O2S. The van der Waals surface area contributed by atoms with E-state index in [1.54, 1.807) is 12.1 Å². The number of anilines is 1. The van der Waals surface area contributed by atoms with Gasteiger partial charge in [0.15, 0.2) is 10.1 Å². The summed E-state index contributed by atoms with van der Waals surface area (Å²) in [6.45, 7) is 0. The minimum atomic E-state index is -0.617. The van der Waals surface area contributed by atoms with Gasteiger partial charge in [0.1, 0.15) is 4.49 Å². The summed E-state index contributed by atoms with van der Waals surface area (Å²) in [6.07, 6.45) is 0. The topological polar surface area (TPSA) is 55.2 Å². The zero-order chi connectivity index (χ0) is 17.5. The van der Waals surface area contributed by atoms with E-state index in [1.165, 1.54) is 0 Å². The average molecular weight is 402 g/mol. The molecule has 0 saturated heterocycles. The van der Waals surface area contributed by atoms with E-state index in [2.05, 4.69) is 5.32 Å². The molecule has 0 amide bonds. The second kappa shape index (κ2) is 8.99. The number of hydrogen-bond donors (Lipinski definition) is 1. The van der Waals surface area contributed by atoms with Crippen LogP contribution in [-0.4, -0.2) is 4.92 Å². The first-order valence-corrected chi connectivity index (χ1v) is 8.59. The molecule has 124 valence electrons. The summed E-state index contributed by atoms with van der Waals surface area (Å²) in [5.41, 5.74) is 0.278. The zero-order valence-corrected chi connectivity index (χ0v) is 15.2. The van der Waals surface area contributed by atoms with Crippen molar-refractivity contribution in [1.29, 1.82) is 0 Å². The number of hydrogen-bond acceptors (Lipinski definition) is 4. The van der Waals surface area contributed by atoms with E-state index in [0.29, 0.717) is 5.69 Å². The Kier molecular flexibility index (Phi) is 6.99. The second-order valence-corrected chi connectivity index (χ2v) is 6.83. The van der Waals surface area contributed by atoms with Crippen LogP contribution in [0.1, 0.15) is 0 Å². The molecule has 0 fully saturated rings. The van der Waals surface area contributed by atoms with Crippen molar-refractivity contribution in [2.24, 2.45) is 0 Å². The summed E-state index contributed by atoms with van der Waals surface area (Å²) in [6, 6.07) is 18.2. The monoisotopic (exact) mass is 400 g/mol. The van der Waals surface area contributed by atoms with Crippen molar-refractivity contribution >= 4 is 52.3 Å². The van der Waals surface area contributed by atoms with Gasteiger partial charge in [-0.05, 0) is 24.3 Å². The molecule has 8 heteroatoms. The van der Waals surface area contributed by atoms with E-state index in [4.69, 9.17) is 34.8 Å². The highest BCUT2D eigenvalue weighted by molar-refractivity contribution is 8.03. The Labute approximate surface area is 158 Å². The third kappa shape index (κ3) is 5.18.